The fourth-order valence-electron chi connectivity index (χ4n) is 0.327. The maximum atomic E-state index is 9.95. The van der Waals surface area contributed by atoms with Crippen molar-refractivity contribution in [3.63, 3.8) is 0 Å². The maximum absolute atomic E-state index is 9.95. The van der Waals surface area contributed by atoms with Gasteiger partial charge >= 0.3 is 23.1 Å². The van der Waals surface area contributed by atoms with E-state index in [0.717, 1.165) is 6.42 Å². The Balaban J connectivity index is -0.0000000408. The molecule has 0 atom stereocenters. The molecule has 0 amide bonds. The summed E-state index contributed by atoms with van der Waals surface area (Å²) >= 11 is 0. The number of rotatable bonds is 3. The molecule has 0 unspecified atom stereocenters. The van der Waals surface area contributed by atoms with Crippen LogP contribution in [-0.4, -0.2) is 41.8 Å². The van der Waals surface area contributed by atoms with Crippen LogP contribution in [0.5, 0.6) is 0 Å². The van der Waals surface area contributed by atoms with Crippen LogP contribution >= 0.6 is 0 Å². The molecule has 3 nitrogen and oxygen atoms in total. The van der Waals surface area contributed by atoms with Gasteiger partial charge in [0.2, 0.25) is 0 Å². The van der Waals surface area contributed by atoms with Gasteiger partial charge in [-0.2, -0.15) is 8.42 Å². The minimum Gasteiger partial charge on any atom is -1.00 e. The summed E-state index contributed by atoms with van der Waals surface area (Å²) in [5.41, 5.74) is 0. The van der Waals surface area contributed by atoms with E-state index < -0.39 is 10.1 Å². The van der Waals surface area contributed by atoms with Crippen molar-refractivity contribution in [3.05, 3.63) is 0 Å². The predicted octanol–water partition coefficient (Wildman–Crippen LogP) is 0.671. The third-order valence-electron chi connectivity index (χ3n) is 0.756. The van der Waals surface area contributed by atoms with E-state index in [9.17, 15) is 8.42 Å². The zero-order valence-corrected chi connectivity index (χ0v) is 8.14. The number of hydrogen-bond acceptors (Lipinski definition) is 2. The standard InChI is InChI=1S/C4H10O3S.FH.Mg.2H/c1-2-3-4-8(5,6)7;;;;/h2-4H2,1H3,(H,5,6,7);1H;;;/q;;+2;2*-1. The number of halogens is 1. The molecule has 0 radical (unpaired) electrons. The molecule has 0 heterocycles. The Kier molecular flexibility index (Phi) is 13.0. The molecular formula is C4H13FMgO3S. The third kappa shape index (κ3) is 15.8. The Morgan fingerprint density at radius 2 is 1.90 bits per heavy atom. The summed E-state index contributed by atoms with van der Waals surface area (Å²) in [5, 5.41) is 0. The van der Waals surface area contributed by atoms with Gasteiger partial charge in [-0.05, 0) is 6.42 Å². The van der Waals surface area contributed by atoms with Crippen molar-refractivity contribution in [1.82, 2.24) is 0 Å². The van der Waals surface area contributed by atoms with Crippen LogP contribution in [0.15, 0.2) is 0 Å². The molecule has 6 heteroatoms. The van der Waals surface area contributed by atoms with Crippen LogP contribution in [0.25, 0.3) is 0 Å². The molecule has 0 aromatic carbocycles. The SMILES string of the molecule is CCCCS(=O)(=O)O.F.[H-].[H-].[Mg+2]. The molecule has 0 fully saturated rings. The van der Waals surface area contributed by atoms with Crippen molar-refractivity contribution < 1.29 is 20.5 Å². The second-order valence-corrected chi connectivity index (χ2v) is 3.21. The summed E-state index contributed by atoms with van der Waals surface area (Å²) in [4.78, 5) is 0. The second kappa shape index (κ2) is 7.71. The van der Waals surface area contributed by atoms with Crippen LogP contribution in [0.1, 0.15) is 22.6 Å². The summed E-state index contributed by atoms with van der Waals surface area (Å²) < 4.78 is 28.0. The van der Waals surface area contributed by atoms with E-state index in [1.54, 1.807) is 0 Å². The summed E-state index contributed by atoms with van der Waals surface area (Å²) in [7, 11) is -3.69. The smallest absolute Gasteiger partial charge is 1.00 e. The van der Waals surface area contributed by atoms with E-state index >= 15 is 0 Å². The van der Waals surface area contributed by atoms with E-state index in [2.05, 4.69) is 0 Å². The monoisotopic (exact) mass is 184 g/mol. The number of unbranched alkanes of at least 4 members (excludes halogenated alkanes) is 1. The molecule has 0 aliphatic heterocycles. The van der Waals surface area contributed by atoms with Crippen LogP contribution in [-0.2, 0) is 10.1 Å². The third-order valence-corrected chi connectivity index (χ3v) is 1.56. The Bertz CT molecular complexity index is 152. The molecule has 0 spiro atoms. The van der Waals surface area contributed by atoms with E-state index in [0.29, 0.717) is 6.42 Å². The molecule has 0 aliphatic carbocycles. The summed E-state index contributed by atoms with van der Waals surface area (Å²) in [6.45, 7) is 1.87. The molecule has 0 bridgehead atoms. The van der Waals surface area contributed by atoms with Gasteiger partial charge in [0.1, 0.15) is 0 Å². The first-order valence-corrected chi connectivity index (χ1v) is 4.12. The summed E-state index contributed by atoms with van der Waals surface area (Å²) in [6, 6.07) is 0. The van der Waals surface area contributed by atoms with Crippen LogP contribution in [0.2, 0.25) is 0 Å². The van der Waals surface area contributed by atoms with Gasteiger partial charge in [-0.3, -0.25) is 9.26 Å². The molecular weight excluding hydrogens is 171 g/mol. The minimum absolute atomic E-state index is 0. The molecule has 0 saturated carbocycles. The van der Waals surface area contributed by atoms with Gasteiger partial charge in [0, 0.05) is 0 Å². The maximum Gasteiger partial charge on any atom is 2.00 e. The van der Waals surface area contributed by atoms with Gasteiger partial charge in [-0.25, -0.2) is 0 Å². The predicted molar refractivity (Wildman–Crippen MR) is 41.8 cm³/mol. The zero-order valence-electron chi connectivity index (χ0n) is 7.91. The van der Waals surface area contributed by atoms with Gasteiger partial charge in [0.15, 0.2) is 0 Å². The van der Waals surface area contributed by atoms with Gasteiger partial charge in [-0.15, -0.1) is 0 Å². The van der Waals surface area contributed by atoms with Crippen molar-refractivity contribution in [2.45, 2.75) is 19.8 Å². The van der Waals surface area contributed by atoms with Crippen molar-refractivity contribution in [1.29, 1.82) is 0 Å². The topological polar surface area (TPSA) is 54.4 Å². The van der Waals surface area contributed by atoms with Gasteiger partial charge in [-0.1, -0.05) is 13.3 Å². The van der Waals surface area contributed by atoms with E-state index in [1.165, 1.54) is 0 Å². The average molecular weight is 185 g/mol. The van der Waals surface area contributed by atoms with Crippen LogP contribution in [0.4, 0.5) is 4.70 Å². The Morgan fingerprint density at radius 3 is 2.00 bits per heavy atom. The summed E-state index contributed by atoms with van der Waals surface area (Å²) in [5.74, 6) is -0.108. The Labute approximate surface area is 79.4 Å². The largest absolute Gasteiger partial charge is 2.00 e. The van der Waals surface area contributed by atoms with Crippen LogP contribution in [0.3, 0.4) is 0 Å². The van der Waals surface area contributed by atoms with E-state index in [1.807, 2.05) is 6.92 Å². The molecule has 62 valence electrons. The quantitative estimate of drug-likeness (QED) is 0.518. The van der Waals surface area contributed by atoms with E-state index in [-0.39, 0.29) is 36.4 Å². The van der Waals surface area contributed by atoms with Gasteiger partial charge in [0.05, 0.1) is 5.75 Å². The first kappa shape index (κ1) is 16.9. The fourth-order valence-corrected chi connectivity index (χ4v) is 0.980. The molecule has 0 rings (SSSR count). The normalized spacial score (nSPS) is 9.40. The van der Waals surface area contributed by atoms with Crippen molar-refractivity contribution in [3.8, 4) is 0 Å². The average Bonchev–Trinajstić information content (AvgIpc) is 1.59. The first-order chi connectivity index (χ1) is 3.56. The molecule has 10 heavy (non-hydrogen) atoms. The minimum atomic E-state index is -3.69. The molecule has 0 aromatic heterocycles. The van der Waals surface area contributed by atoms with Crippen LogP contribution in [0, 0.1) is 0 Å². The Morgan fingerprint density at radius 1 is 1.50 bits per heavy atom. The zero-order chi connectivity index (χ0) is 6.62. The second-order valence-electron chi connectivity index (χ2n) is 1.64. The van der Waals surface area contributed by atoms with Crippen molar-refractivity contribution in [2.24, 2.45) is 0 Å². The van der Waals surface area contributed by atoms with Crippen molar-refractivity contribution in [2.75, 3.05) is 5.75 Å². The molecule has 0 aromatic rings. The molecule has 1 N–H and O–H groups in total. The fraction of sp³-hybridized carbons (Fsp3) is 1.00. The summed E-state index contributed by atoms with van der Waals surface area (Å²) in [6.07, 6.45) is 1.33. The van der Waals surface area contributed by atoms with Crippen LogP contribution < -0.4 is 0 Å². The molecule has 0 aliphatic rings. The van der Waals surface area contributed by atoms with Crippen molar-refractivity contribution >= 4 is 33.2 Å². The first-order valence-electron chi connectivity index (χ1n) is 2.51. The number of hydrogen-bond donors (Lipinski definition) is 1. The van der Waals surface area contributed by atoms with Gasteiger partial charge < -0.3 is 2.85 Å². The van der Waals surface area contributed by atoms with E-state index in [4.69, 9.17) is 4.55 Å². The Hall–Kier alpha value is 0.606. The van der Waals surface area contributed by atoms with Gasteiger partial charge in [0.25, 0.3) is 10.1 Å². The molecule has 0 saturated heterocycles.